The maximum atomic E-state index is 13.3. The number of nitrogens with zero attached hydrogens (tertiary/aromatic N) is 2. The summed E-state index contributed by atoms with van der Waals surface area (Å²) >= 11 is 0. The van der Waals surface area contributed by atoms with Crippen LogP contribution in [0.2, 0.25) is 0 Å². The van der Waals surface area contributed by atoms with Crippen LogP contribution in [0.4, 0.5) is 11.4 Å². The zero-order valence-corrected chi connectivity index (χ0v) is 19.3. The van der Waals surface area contributed by atoms with Gasteiger partial charge in [0.15, 0.2) is 0 Å². The van der Waals surface area contributed by atoms with Gasteiger partial charge in [0.1, 0.15) is 11.4 Å². The fourth-order valence-corrected chi connectivity index (χ4v) is 3.45. The van der Waals surface area contributed by atoms with Crippen LogP contribution in [0.3, 0.4) is 0 Å². The predicted molar refractivity (Wildman–Crippen MR) is 127 cm³/mol. The smallest absolute Gasteiger partial charge is 0.278 e. The summed E-state index contributed by atoms with van der Waals surface area (Å²) in [7, 11) is 5.52. The summed E-state index contributed by atoms with van der Waals surface area (Å²) in [5, 5.41) is 3.19. The number of benzene rings is 2. The molecule has 1 heterocycles. The minimum Gasteiger partial charge on any atom is -0.497 e. The van der Waals surface area contributed by atoms with Gasteiger partial charge in [-0.15, -0.1) is 0 Å². The molecule has 0 aliphatic carbocycles. The first-order chi connectivity index (χ1) is 15.3. The number of ether oxygens (including phenoxy) is 2. The topological polar surface area (TPSA) is 71.1 Å². The van der Waals surface area contributed by atoms with Crippen LogP contribution in [0.15, 0.2) is 54.2 Å². The molecule has 2 amide bonds. The van der Waals surface area contributed by atoms with Crippen LogP contribution in [-0.2, 0) is 14.3 Å². The van der Waals surface area contributed by atoms with Gasteiger partial charge in [-0.05, 0) is 62.2 Å². The maximum Gasteiger partial charge on any atom is 0.278 e. The highest BCUT2D eigenvalue weighted by Gasteiger charge is 2.38. The monoisotopic (exact) mass is 437 g/mol. The Morgan fingerprint density at radius 3 is 2.19 bits per heavy atom. The lowest BCUT2D eigenvalue weighted by Gasteiger charge is -2.16. The quantitative estimate of drug-likeness (QED) is 0.451. The van der Waals surface area contributed by atoms with Crippen molar-refractivity contribution < 1.29 is 19.1 Å². The number of hydrogen-bond donors (Lipinski definition) is 1. The molecule has 0 aromatic heterocycles. The highest BCUT2D eigenvalue weighted by Crippen LogP contribution is 2.32. The van der Waals surface area contributed by atoms with Gasteiger partial charge in [0.25, 0.3) is 11.8 Å². The van der Waals surface area contributed by atoms with Crippen LogP contribution in [-0.4, -0.2) is 57.2 Å². The number of anilines is 2. The van der Waals surface area contributed by atoms with Gasteiger partial charge >= 0.3 is 0 Å². The lowest BCUT2D eigenvalue weighted by atomic mass is 10.0. The van der Waals surface area contributed by atoms with Crippen molar-refractivity contribution in [3.8, 4) is 5.75 Å². The van der Waals surface area contributed by atoms with E-state index in [-0.39, 0.29) is 23.6 Å². The molecule has 0 fully saturated rings. The molecule has 0 atom stereocenters. The number of carbonyl (C=O) groups excluding carboxylic acids is 2. The third kappa shape index (κ3) is 5.29. The Labute approximate surface area is 189 Å². The van der Waals surface area contributed by atoms with Crippen LogP contribution in [0.25, 0.3) is 5.57 Å². The molecule has 0 bridgehead atoms. The van der Waals surface area contributed by atoms with Crippen molar-refractivity contribution in [2.24, 2.45) is 0 Å². The molecular formula is C25H31N3O4. The zero-order valence-electron chi connectivity index (χ0n) is 19.3. The average Bonchev–Trinajstić information content (AvgIpc) is 3.01. The Bertz CT molecular complexity index is 979. The van der Waals surface area contributed by atoms with Gasteiger partial charge in [-0.2, -0.15) is 0 Å². The second kappa shape index (κ2) is 10.3. The largest absolute Gasteiger partial charge is 0.497 e. The van der Waals surface area contributed by atoms with E-state index in [1.807, 2.05) is 57.1 Å². The molecule has 1 aliphatic rings. The number of methoxy groups -OCH3 is 1. The molecule has 3 rings (SSSR count). The van der Waals surface area contributed by atoms with Crippen molar-refractivity contribution in [1.29, 1.82) is 0 Å². The summed E-state index contributed by atoms with van der Waals surface area (Å²) in [6.45, 7) is 4.70. The molecular weight excluding hydrogens is 406 g/mol. The van der Waals surface area contributed by atoms with E-state index in [9.17, 15) is 9.59 Å². The van der Waals surface area contributed by atoms with Gasteiger partial charge in [-0.1, -0.05) is 12.1 Å². The summed E-state index contributed by atoms with van der Waals surface area (Å²) in [6.07, 6.45) is 0.687. The fourth-order valence-electron chi connectivity index (χ4n) is 3.45. The minimum atomic E-state index is -0.331. The van der Waals surface area contributed by atoms with E-state index in [1.54, 1.807) is 31.4 Å². The molecule has 0 radical (unpaired) electrons. The molecule has 0 saturated heterocycles. The number of hydrogen-bond acceptors (Lipinski definition) is 6. The first-order valence-electron chi connectivity index (χ1n) is 10.7. The predicted octanol–water partition coefficient (Wildman–Crippen LogP) is 3.77. The summed E-state index contributed by atoms with van der Waals surface area (Å²) in [6, 6.07) is 14.8. The lowest BCUT2D eigenvalue weighted by molar-refractivity contribution is -0.137. The summed E-state index contributed by atoms with van der Waals surface area (Å²) < 4.78 is 10.8. The zero-order chi connectivity index (χ0) is 23.3. The third-order valence-corrected chi connectivity index (χ3v) is 5.18. The number of amides is 2. The highest BCUT2D eigenvalue weighted by atomic mass is 16.5. The number of imide groups is 1. The molecule has 0 unspecified atom stereocenters. The Morgan fingerprint density at radius 2 is 1.62 bits per heavy atom. The van der Waals surface area contributed by atoms with E-state index >= 15 is 0 Å². The molecule has 170 valence electrons. The van der Waals surface area contributed by atoms with E-state index in [1.165, 1.54) is 4.90 Å². The molecule has 1 aliphatic heterocycles. The number of carbonyl (C=O) groups is 2. The second-order valence-corrected chi connectivity index (χ2v) is 8.08. The van der Waals surface area contributed by atoms with Gasteiger partial charge in [0, 0.05) is 38.6 Å². The van der Waals surface area contributed by atoms with Gasteiger partial charge < -0.3 is 19.7 Å². The molecule has 2 aromatic carbocycles. The molecule has 7 nitrogen and oxygen atoms in total. The minimum absolute atomic E-state index is 0.107. The third-order valence-electron chi connectivity index (χ3n) is 5.18. The van der Waals surface area contributed by atoms with E-state index in [0.717, 1.165) is 11.4 Å². The lowest BCUT2D eigenvalue weighted by Crippen LogP contribution is -2.34. The molecule has 0 saturated carbocycles. The van der Waals surface area contributed by atoms with Crippen molar-refractivity contribution in [2.75, 3.05) is 44.6 Å². The van der Waals surface area contributed by atoms with Crippen molar-refractivity contribution in [3.05, 3.63) is 59.8 Å². The van der Waals surface area contributed by atoms with Crippen LogP contribution in [0, 0.1) is 0 Å². The number of rotatable bonds is 10. The normalized spacial score (nSPS) is 13.9. The summed E-state index contributed by atoms with van der Waals surface area (Å²) in [5.41, 5.74) is 3.09. The van der Waals surface area contributed by atoms with Crippen molar-refractivity contribution in [2.45, 2.75) is 26.4 Å². The van der Waals surface area contributed by atoms with Crippen LogP contribution >= 0.6 is 0 Å². The second-order valence-electron chi connectivity index (χ2n) is 8.08. The van der Waals surface area contributed by atoms with Crippen LogP contribution in [0.1, 0.15) is 25.8 Å². The maximum absolute atomic E-state index is 13.3. The standard InChI is InChI=1S/C25H31N3O4/c1-17(2)32-16-6-15-28-24(29)22(18-7-13-21(31-5)14-8-18)23(25(28)30)26-19-9-11-20(12-10-19)27(3)4/h7-14,17,26H,6,15-16H2,1-5H3. The Balaban J connectivity index is 1.89. The van der Waals surface area contributed by atoms with E-state index < -0.39 is 0 Å². The van der Waals surface area contributed by atoms with Crippen LogP contribution < -0.4 is 15.0 Å². The Hall–Kier alpha value is -3.32. The molecule has 2 aromatic rings. The summed E-state index contributed by atoms with van der Waals surface area (Å²) in [5.74, 6) is 0.0433. The molecule has 7 heteroatoms. The fraction of sp³-hybridized carbons (Fsp3) is 0.360. The average molecular weight is 438 g/mol. The van der Waals surface area contributed by atoms with Gasteiger partial charge in [0.05, 0.1) is 18.8 Å². The van der Waals surface area contributed by atoms with Crippen molar-refractivity contribution in [3.63, 3.8) is 0 Å². The Kier molecular flexibility index (Phi) is 7.53. The van der Waals surface area contributed by atoms with Gasteiger partial charge in [-0.25, -0.2) is 0 Å². The Morgan fingerprint density at radius 1 is 0.969 bits per heavy atom. The van der Waals surface area contributed by atoms with Crippen molar-refractivity contribution in [1.82, 2.24) is 4.90 Å². The molecule has 1 N–H and O–H groups in total. The highest BCUT2D eigenvalue weighted by molar-refractivity contribution is 6.36. The number of nitrogens with one attached hydrogen (secondary N) is 1. The first kappa shape index (κ1) is 23.3. The SMILES string of the molecule is COc1ccc(C2=C(Nc3ccc(N(C)C)cc3)C(=O)N(CCCOC(C)C)C2=O)cc1. The van der Waals surface area contributed by atoms with Crippen molar-refractivity contribution >= 4 is 28.8 Å². The van der Waals surface area contributed by atoms with E-state index in [0.29, 0.717) is 36.5 Å². The molecule has 32 heavy (non-hydrogen) atoms. The van der Waals surface area contributed by atoms with Gasteiger partial charge in [-0.3, -0.25) is 14.5 Å². The molecule has 0 spiro atoms. The van der Waals surface area contributed by atoms with Gasteiger partial charge in [0.2, 0.25) is 0 Å². The first-order valence-corrected chi connectivity index (χ1v) is 10.7. The van der Waals surface area contributed by atoms with E-state index in [2.05, 4.69) is 5.32 Å². The summed E-state index contributed by atoms with van der Waals surface area (Å²) in [4.78, 5) is 29.8. The van der Waals surface area contributed by atoms with Crippen LogP contribution in [0.5, 0.6) is 5.75 Å². The van der Waals surface area contributed by atoms with E-state index in [4.69, 9.17) is 9.47 Å².